The molecule has 0 aliphatic carbocycles. The Morgan fingerprint density at radius 3 is 2.54 bits per heavy atom. The van der Waals surface area contributed by atoms with Crippen molar-refractivity contribution in [3.63, 3.8) is 0 Å². The SMILES string of the molecule is CCNC(=NCc1ccccc1CC)NCC(C)(O)c1ccsc1. The Hall–Kier alpha value is -1.85. The smallest absolute Gasteiger partial charge is 0.191 e. The lowest BCUT2D eigenvalue weighted by Crippen LogP contribution is -2.44. The molecule has 1 aromatic carbocycles. The third-order valence-electron chi connectivity index (χ3n) is 3.99. The average Bonchev–Trinajstić information content (AvgIpc) is 3.13. The van der Waals surface area contributed by atoms with E-state index in [1.807, 2.05) is 36.7 Å². The van der Waals surface area contributed by atoms with Crippen LogP contribution in [0, 0.1) is 0 Å². The molecule has 130 valence electrons. The highest BCUT2D eigenvalue weighted by molar-refractivity contribution is 7.08. The second-order valence-corrected chi connectivity index (χ2v) is 6.74. The van der Waals surface area contributed by atoms with Crippen LogP contribution in [0.2, 0.25) is 0 Å². The maximum Gasteiger partial charge on any atom is 0.191 e. The molecule has 0 aliphatic heterocycles. The van der Waals surface area contributed by atoms with Crippen molar-refractivity contribution < 1.29 is 5.11 Å². The van der Waals surface area contributed by atoms with Crippen LogP contribution < -0.4 is 10.6 Å². The van der Waals surface area contributed by atoms with Gasteiger partial charge in [0.1, 0.15) is 5.60 Å². The summed E-state index contributed by atoms with van der Waals surface area (Å²) in [6.45, 7) is 7.82. The Bertz CT molecular complexity index is 650. The van der Waals surface area contributed by atoms with Crippen LogP contribution in [0.15, 0.2) is 46.1 Å². The molecular formula is C19H27N3OS. The zero-order valence-electron chi connectivity index (χ0n) is 14.7. The largest absolute Gasteiger partial charge is 0.384 e. The van der Waals surface area contributed by atoms with Crippen LogP contribution in [0.25, 0.3) is 0 Å². The molecular weight excluding hydrogens is 318 g/mol. The van der Waals surface area contributed by atoms with E-state index >= 15 is 0 Å². The van der Waals surface area contributed by atoms with Gasteiger partial charge in [-0.25, -0.2) is 4.99 Å². The summed E-state index contributed by atoms with van der Waals surface area (Å²) in [7, 11) is 0. The van der Waals surface area contributed by atoms with Crippen molar-refractivity contribution >= 4 is 17.3 Å². The monoisotopic (exact) mass is 345 g/mol. The summed E-state index contributed by atoms with van der Waals surface area (Å²) in [6.07, 6.45) is 1.00. The molecule has 0 saturated heterocycles. The van der Waals surface area contributed by atoms with Crippen LogP contribution in [0.1, 0.15) is 37.5 Å². The van der Waals surface area contributed by atoms with Gasteiger partial charge in [-0.05, 0) is 53.8 Å². The predicted octanol–water partition coefficient (Wildman–Crippen LogP) is 3.27. The standard InChI is InChI=1S/C19H27N3OS/c1-4-15-8-6-7-9-16(15)12-21-18(20-5-2)22-14-19(3,23)17-10-11-24-13-17/h6-11,13,23H,4-5,12,14H2,1-3H3,(H2,20,21,22). The molecule has 0 bridgehead atoms. The molecule has 1 heterocycles. The molecule has 2 rings (SSSR count). The second-order valence-electron chi connectivity index (χ2n) is 5.96. The highest BCUT2D eigenvalue weighted by atomic mass is 32.1. The van der Waals surface area contributed by atoms with E-state index in [4.69, 9.17) is 0 Å². The van der Waals surface area contributed by atoms with Gasteiger partial charge in [0, 0.05) is 6.54 Å². The molecule has 2 aromatic rings. The third kappa shape index (κ3) is 5.08. The summed E-state index contributed by atoms with van der Waals surface area (Å²) in [5.41, 5.74) is 2.56. The predicted molar refractivity (Wildman–Crippen MR) is 103 cm³/mol. The lowest BCUT2D eigenvalue weighted by atomic mass is 9.99. The molecule has 0 saturated carbocycles. The zero-order chi connectivity index (χ0) is 17.4. The van der Waals surface area contributed by atoms with Gasteiger partial charge in [-0.3, -0.25) is 0 Å². The van der Waals surface area contributed by atoms with E-state index in [0.717, 1.165) is 24.5 Å². The van der Waals surface area contributed by atoms with Gasteiger partial charge in [0.25, 0.3) is 0 Å². The number of hydrogen-bond acceptors (Lipinski definition) is 3. The quantitative estimate of drug-likeness (QED) is 0.533. The Labute approximate surface area is 148 Å². The first kappa shape index (κ1) is 18.5. The van der Waals surface area contributed by atoms with Gasteiger partial charge in [0.15, 0.2) is 5.96 Å². The Balaban J connectivity index is 2.03. The van der Waals surface area contributed by atoms with Crippen molar-refractivity contribution in [3.8, 4) is 0 Å². The lowest BCUT2D eigenvalue weighted by Gasteiger charge is -2.24. The van der Waals surface area contributed by atoms with Crippen LogP contribution in [0.4, 0.5) is 0 Å². The molecule has 3 N–H and O–H groups in total. The van der Waals surface area contributed by atoms with E-state index in [1.54, 1.807) is 11.3 Å². The molecule has 0 spiro atoms. The Morgan fingerprint density at radius 2 is 1.92 bits per heavy atom. The van der Waals surface area contributed by atoms with Crippen molar-refractivity contribution in [2.24, 2.45) is 4.99 Å². The Kier molecular flexibility index (Phi) is 6.82. The second kappa shape index (κ2) is 8.85. The third-order valence-corrected chi connectivity index (χ3v) is 4.68. The minimum atomic E-state index is -0.919. The number of nitrogens with zero attached hydrogens (tertiary/aromatic N) is 1. The number of benzene rings is 1. The summed E-state index contributed by atoms with van der Waals surface area (Å²) in [6, 6.07) is 10.3. The summed E-state index contributed by atoms with van der Waals surface area (Å²) in [4.78, 5) is 4.66. The van der Waals surface area contributed by atoms with Crippen molar-refractivity contribution in [3.05, 3.63) is 57.8 Å². The minimum Gasteiger partial charge on any atom is -0.384 e. The van der Waals surface area contributed by atoms with Crippen molar-refractivity contribution in [1.82, 2.24) is 10.6 Å². The van der Waals surface area contributed by atoms with Crippen LogP contribution in [-0.4, -0.2) is 24.2 Å². The minimum absolute atomic E-state index is 0.408. The van der Waals surface area contributed by atoms with Gasteiger partial charge < -0.3 is 15.7 Å². The molecule has 0 amide bonds. The fourth-order valence-electron chi connectivity index (χ4n) is 2.49. The van der Waals surface area contributed by atoms with Crippen LogP contribution in [0.3, 0.4) is 0 Å². The van der Waals surface area contributed by atoms with Crippen molar-refractivity contribution in [2.45, 2.75) is 39.3 Å². The fourth-order valence-corrected chi connectivity index (χ4v) is 3.27. The molecule has 1 aromatic heterocycles. The number of aliphatic imine (C=N–C) groups is 1. The first-order valence-electron chi connectivity index (χ1n) is 8.40. The number of guanidine groups is 1. The zero-order valence-corrected chi connectivity index (χ0v) is 15.5. The number of rotatable bonds is 7. The number of nitrogens with one attached hydrogen (secondary N) is 2. The molecule has 1 atom stereocenters. The van der Waals surface area contributed by atoms with Gasteiger partial charge in [-0.15, -0.1) is 0 Å². The maximum absolute atomic E-state index is 10.6. The van der Waals surface area contributed by atoms with Crippen molar-refractivity contribution in [2.75, 3.05) is 13.1 Å². The van der Waals surface area contributed by atoms with E-state index in [9.17, 15) is 5.11 Å². The molecule has 24 heavy (non-hydrogen) atoms. The topological polar surface area (TPSA) is 56.7 Å². The lowest BCUT2D eigenvalue weighted by molar-refractivity contribution is 0.0621. The maximum atomic E-state index is 10.6. The summed E-state index contributed by atoms with van der Waals surface area (Å²) in [5, 5.41) is 21.1. The number of thiophene rings is 1. The van der Waals surface area contributed by atoms with Gasteiger partial charge in [-0.2, -0.15) is 11.3 Å². The van der Waals surface area contributed by atoms with E-state index in [1.165, 1.54) is 11.1 Å². The number of aryl methyl sites for hydroxylation is 1. The van der Waals surface area contributed by atoms with Crippen molar-refractivity contribution in [1.29, 1.82) is 0 Å². The highest BCUT2D eigenvalue weighted by Gasteiger charge is 2.23. The first-order chi connectivity index (χ1) is 11.6. The molecule has 5 heteroatoms. The molecule has 0 fully saturated rings. The average molecular weight is 346 g/mol. The molecule has 0 radical (unpaired) electrons. The van der Waals surface area contributed by atoms with E-state index in [-0.39, 0.29) is 0 Å². The van der Waals surface area contributed by atoms with Gasteiger partial charge in [-0.1, -0.05) is 31.2 Å². The summed E-state index contributed by atoms with van der Waals surface area (Å²) < 4.78 is 0. The summed E-state index contributed by atoms with van der Waals surface area (Å²) in [5.74, 6) is 0.721. The van der Waals surface area contributed by atoms with Gasteiger partial charge in [0.2, 0.25) is 0 Å². The van der Waals surface area contributed by atoms with Crippen LogP contribution >= 0.6 is 11.3 Å². The molecule has 4 nitrogen and oxygen atoms in total. The van der Waals surface area contributed by atoms with Gasteiger partial charge >= 0.3 is 0 Å². The first-order valence-corrected chi connectivity index (χ1v) is 9.35. The fraction of sp³-hybridized carbons (Fsp3) is 0.421. The Morgan fingerprint density at radius 1 is 1.17 bits per heavy atom. The van der Waals surface area contributed by atoms with Crippen LogP contribution in [0.5, 0.6) is 0 Å². The highest BCUT2D eigenvalue weighted by Crippen LogP contribution is 2.22. The van der Waals surface area contributed by atoms with E-state index in [0.29, 0.717) is 13.1 Å². The number of aliphatic hydroxyl groups is 1. The van der Waals surface area contributed by atoms with Gasteiger partial charge in [0.05, 0.1) is 13.1 Å². The number of hydrogen-bond donors (Lipinski definition) is 3. The summed E-state index contributed by atoms with van der Waals surface area (Å²) >= 11 is 1.59. The molecule has 0 aliphatic rings. The van der Waals surface area contributed by atoms with E-state index in [2.05, 4.69) is 40.7 Å². The normalized spacial score (nSPS) is 14.2. The van der Waals surface area contributed by atoms with Crippen LogP contribution in [-0.2, 0) is 18.6 Å². The van der Waals surface area contributed by atoms with E-state index < -0.39 is 5.60 Å². The molecule has 1 unspecified atom stereocenters.